The van der Waals surface area contributed by atoms with Crippen LogP contribution in [0.3, 0.4) is 0 Å². The van der Waals surface area contributed by atoms with Crippen LogP contribution in [0, 0.1) is 13.8 Å². The highest BCUT2D eigenvalue weighted by atomic mass is 32.1. The third-order valence-electron chi connectivity index (χ3n) is 2.64. The van der Waals surface area contributed by atoms with E-state index in [1.807, 2.05) is 13.8 Å². The van der Waals surface area contributed by atoms with Gasteiger partial charge in [-0.05, 0) is 13.8 Å². The molecule has 0 saturated carbocycles. The van der Waals surface area contributed by atoms with Gasteiger partial charge in [-0.1, -0.05) is 5.16 Å². The van der Waals surface area contributed by atoms with E-state index in [-0.39, 0.29) is 18.4 Å². The Bertz CT molecular complexity index is 593. The Morgan fingerprint density at radius 1 is 1.40 bits per heavy atom. The first-order valence-electron chi connectivity index (χ1n) is 6.20. The number of rotatable bonds is 6. The molecule has 2 aromatic heterocycles. The summed E-state index contributed by atoms with van der Waals surface area (Å²) in [6.45, 7) is 3.99. The first-order valence-corrected chi connectivity index (χ1v) is 7.02. The fourth-order valence-corrected chi connectivity index (χ4v) is 2.65. The van der Waals surface area contributed by atoms with Crippen molar-refractivity contribution in [3.8, 4) is 0 Å². The topological polar surface area (TPSA) is 101 Å². The van der Waals surface area contributed by atoms with Crippen molar-refractivity contribution in [2.45, 2.75) is 33.3 Å². The minimum Gasteiger partial charge on any atom is -0.387 e. The average Bonchev–Trinajstić information content (AvgIpc) is 2.97. The summed E-state index contributed by atoms with van der Waals surface area (Å²) >= 11 is 1.54. The van der Waals surface area contributed by atoms with Gasteiger partial charge < -0.3 is 14.9 Å². The third kappa shape index (κ3) is 3.84. The van der Waals surface area contributed by atoms with Gasteiger partial charge >= 0.3 is 0 Å². The number of hydrogen-bond acceptors (Lipinski definition) is 7. The lowest BCUT2D eigenvalue weighted by Crippen LogP contribution is -2.27. The number of carbonyl (C=O) groups is 1. The van der Waals surface area contributed by atoms with Crippen LogP contribution in [0.15, 0.2) is 4.52 Å². The van der Waals surface area contributed by atoms with Crippen molar-refractivity contribution in [1.82, 2.24) is 20.4 Å². The second kappa shape index (κ2) is 6.58. The van der Waals surface area contributed by atoms with E-state index in [9.17, 15) is 4.79 Å². The molecule has 0 aliphatic heterocycles. The Balaban J connectivity index is 1.76. The van der Waals surface area contributed by atoms with Crippen LogP contribution < -0.4 is 5.32 Å². The molecule has 2 N–H and O–H groups in total. The van der Waals surface area contributed by atoms with Crippen LogP contribution in [0.5, 0.6) is 0 Å². The number of aromatic nitrogens is 3. The number of nitrogens with zero attached hydrogens (tertiary/aromatic N) is 3. The summed E-state index contributed by atoms with van der Waals surface area (Å²) in [4.78, 5) is 21.0. The fourth-order valence-electron chi connectivity index (χ4n) is 1.72. The summed E-state index contributed by atoms with van der Waals surface area (Å²) < 4.78 is 4.76. The van der Waals surface area contributed by atoms with Crippen LogP contribution in [0.25, 0.3) is 0 Å². The molecule has 1 amide bonds. The van der Waals surface area contributed by atoms with Gasteiger partial charge in [0.25, 0.3) is 5.89 Å². The van der Waals surface area contributed by atoms with Crippen LogP contribution in [0.4, 0.5) is 0 Å². The van der Waals surface area contributed by atoms with Crippen molar-refractivity contribution in [1.29, 1.82) is 0 Å². The standard InChI is InChI=1S/C12H16N4O3S/c1-7-9(20-8(2)14-7)5-11(18)13-4-3-10-15-12(6-17)19-16-10/h17H,3-6H2,1-2H3,(H,13,18). The molecular formula is C12H16N4O3S. The van der Waals surface area contributed by atoms with E-state index < -0.39 is 0 Å². The number of carbonyl (C=O) groups excluding carboxylic acids is 1. The van der Waals surface area contributed by atoms with Crippen LogP contribution in [0.2, 0.25) is 0 Å². The minimum absolute atomic E-state index is 0.0531. The van der Waals surface area contributed by atoms with Crippen LogP contribution >= 0.6 is 11.3 Å². The van der Waals surface area contributed by atoms with E-state index in [1.165, 1.54) is 11.3 Å². The van der Waals surface area contributed by atoms with Crippen molar-refractivity contribution in [3.63, 3.8) is 0 Å². The van der Waals surface area contributed by atoms with Crippen molar-refractivity contribution in [2.75, 3.05) is 6.54 Å². The van der Waals surface area contributed by atoms with Gasteiger partial charge in [0.15, 0.2) is 5.82 Å². The zero-order chi connectivity index (χ0) is 14.5. The van der Waals surface area contributed by atoms with E-state index >= 15 is 0 Å². The van der Waals surface area contributed by atoms with E-state index in [2.05, 4.69) is 20.4 Å². The number of amides is 1. The lowest BCUT2D eigenvalue weighted by Gasteiger charge is -2.02. The molecular weight excluding hydrogens is 280 g/mol. The Morgan fingerprint density at radius 3 is 2.80 bits per heavy atom. The molecule has 0 saturated heterocycles. The highest BCUT2D eigenvalue weighted by molar-refractivity contribution is 7.11. The molecule has 0 fully saturated rings. The number of aryl methyl sites for hydroxylation is 2. The molecule has 0 bridgehead atoms. The van der Waals surface area contributed by atoms with Gasteiger partial charge in [0, 0.05) is 17.8 Å². The molecule has 0 radical (unpaired) electrons. The van der Waals surface area contributed by atoms with Gasteiger partial charge in [-0.2, -0.15) is 4.98 Å². The molecule has 2 rings (SSSR count). The van der Waals surface area contributed by atoms with Crippen LogP contribution in [-0.2, 0) is 24.2 Å². The van der Waals surface area contributed by atoms with Crippen molar-refractivity contribution < 1.29 is 14.4 Å². The second-order valence-corrected chi connectivity index (χ2v) is 5.57. The molecule has 8 heteroatoms. The Morgan fingerprint density at radius 2 is 2.20 bits per heavy atom. The molecule has 0 atom stereocenters. The zero-order valence-corrected chi connectivity index (χ0v) is 12.2. The van der Waals surface area contributed by atoms with Crippen molar-refractivity contribution in [2.24, 2.45) is 0 Å². The number of nitrogens with one attached hydrogen (secondary N) is 1. The summed E-state index contributed by atoms with van der Waals surface area (Å²) in [5.74, 6) is 0.601. The molecule has 0 aliphatic carbocycles. The van der Waals surface area contributed by atoms with E-state index in [4.69, 9.17) is 9.63 Å². The fraction of sp³-hybridized carbons (Fsp3) is 0.500. The monoisotopic (exact) mass is 296 g/mol. The van der Waals surface area contributed by atoms with Gasteiger partial charge in [-0.3, -0.25) is 4.79 Å². The maximum atomic E-state index is 11.8. The highest BCUT2D eigenvalue weighted by Gasteiger charge is 2.10. The predicted molar refractivity (Wildman–Crippen MR) is 72.2 cm³/mol. The average molecular weight is 296 g/mol. The van der Waals surface area contributed by atoms with E-state index in [0.29, 0.717) is 25.2 Å². The molecule has 0 aromatic carbocycles. The molecule has 2 heterocycles. The van der Waals surface area contributed by atoms with Gasteiger partial charge in [0.05, 0.1) is 17.1 Å². The van der Waals surface area contributed by atoms with Crippen LogP contribution in [0.1, 0.15) is 27.3 Å². The number of hydrogen-bond donors (Lipinski definition) is 2. The largest absolute Gasteiger partial charge is 0.387 e. The predicted octanol–water partition coefficient (Wildman–Crippen LogP) is 0.537. The van der Waals surface area contributed by atoms with E-state index in [1.54, 1.807) is 0 Å². The van der Waals surface area contributed by atoms with E-state index in [0.717, 1.165) is 15.6 Å². The van der Waals surface area contributed by atoms with Crippen LogP contribution in [-0.4, -0.2) is 32.7 Å². The Kier molecular flexibility index (Phi) is 4.80. The summed E-state index contributed by atoms with van der Waals surface area (Å²) in [7, 11) is 0. The first-order chi connectivity index (χ1) is 9.58. The summed E-state index contributed by atoms with van der Waals surface area (Å²) in [6.07, 6.45) is 0.807. The zero-order valence-electron chi connectivity index (χ0n) is 11.3. The number of aliphatic hydroxyl groups is 1. The maximum Gasteiger partial charge on any atom is 0.252 e. The molecule has 0 spiro atoms. The Hall–Kier alpha value is -1.80. The van der Waals surface area contributed by atoms with Gasteiger partial charge in [0.1, 0.15) is 6.61 Å². The first kappa shape index (κ1) is 14.6. The number of thiazole rings is 1. The highest BCUT2D eigenvalue weighted by Crippen LogP contribution is 2.17. The second-order valence-electron chi connectivity index (χ2n) is 4.28. The van der Waals surface area contributed by atoms with Gasteiger partial charge in [0.2, 0.25) is 5.91 Å². The quantitative estimate of drug-likeness (QED) is 0.806. The molecule has 0 aliphatic rings. The molecule has 0 unspecified atom stereocenters. The molecule has 108 valence electrons. The minimum atomic E-state index is -0.274. The van der Waals surface area contributed by atoms with Gasteiger partial charge in [-0.15, -0.1) is 11.3 Å². The SMILES string of the molecule is Cc1nc(C)c(CC(=O)NCCc2noc(CO)n2)s1. The molecule has 7 nitrogen and oxygen atoms in total. The summed E-state index contributed by atoms with van der Waals surface area (Å²) in [5.41, 5.74) is 0.911. The smallest absolute Gasteiger partial charge is 0.252 e. The van der Waals surface area contributed by atoms with Gasteiger partial charge in [-0.25, -0.2) is 4.98 Å². The summed E-state index contributed by atoms with van der Waals surface area (Å²) in [6, 6.07) is 0. The normalized spacial score (nSPS) is 10.8. The summed E-state index contributed by atoms with van der Waals surface area (Å²) in [5, 5.41) is 16.2. The van der Waals surface area contributed by atoms with Crippen molar-refractivity contribution in [3.05, 3.63) is 27.3 Å². The maximum absolute atomic E-state index is 11.8. The lowest BCUT2D eigenvalue weighted by atomic mass is 10.3. The lowest BCUT2D eigenvalue weighted by molar-refractivity contribution is -0.120. The Labute approximate surface area is 120 Å². The number of aliphatic hydroxyl groups excluding tert-OH is 1. The van der Waals surface area contributed by atoms with Crippen molar-refractivity contribution >= 4 is 17.2 Å². The molecule has 2 aromatic rings. The third-order valence-corrected chi connectivity index (χ3v) is 3.71. The molecule has 20 heavy (non-hydrogen) atoms.